The second kappa shape index (κ2) is 6.62. The van der Waals surface area contributed by atoms with E-state index in [0.717, 1.165) is 24.6 Å². The van der Waals surface area contributed by atoms with Crippen LogP contribution >= 0.6 is 15.9 Å². The van der Waals surface area contributed by atoms with Crippen molar-refractivity contribution in [3.63, 3.8) is 0 Å². The first-order valence-electron chi connectivity index (χ1n) is 8.51. The standard InChI is InChI=1S/C19H31BrO2Si/c1-17(2,3)23(5,6)22-19(21-4)15-18(19,13-10-14-20)16-11-8-7-9-12-16/h7-9,11-12H,10,13-15H2,1-6H3. The average molecular weight is 399 g/mol. The molecule has 0 aromatic heterocycles. The van der Waals surface area contributed by atoms with Crippen LogP contribution in [0.5, 0.6) is 0 Å². The minimum atomic E-state index is -1.90. The van der Waals surface area contributed by atoms with Crippen molar-refractivity contribution in [1.29, 1.82) is 0 Å². The Balaban J connectivity index is 2.35. The maximum atomic E-state index is 6.82. The third-order valence-electron chi connectivity index (χ3n) is 5.76. The summed E-state index contributed by atoms with van der Waals surface area (Å²) < 4.78 is 12.9. The van der Waals surface area contributed by atoms with Crippen molar-refractivity contribution in [1.82, 2.24) is 0 Å². The van der Waals surface area contributed by atoms with Crippen LogP contribution in [0.1, 0.15) is 45.6 Å². The predicted octanol–water partition coefficient (Wildman–Crippen LogP) is 5.87. The van der Waals surface area contributed by atoms with E-state index in [0.29, 0.717) is 0 Å². The highest BCUT2D eigenvalue weighted by Crippen LogP contribution is 2.65. The molecule has 2 atom stereocenters. The lowest BCUT2D eigenvalue weighted by Crippen LogP contribution is -2.47. The van der Waals surface area contributed by atoms with E-state index in [2.05, 4.69) is 80.1 Å². The molecule has 2 rings (SSSR count). The molecule has 1 fully saturated rings. The van der Waals surface area contributed by atoms with Gasteiger partial charge in [-0.1, -0.05) is 67.0 Å². The summed E-state index contributed by atoms with van der Waals surface area (Å²) in [5.74, 6) is -0.459. The number of methoxy groups -OCH3 is 1. The van der Waals surface area contributed by atoms with E-state index in [1.165, 1.54) is 5.56 Å². The summed E-state index contributed by atoms with van der Waals surface area (Å²) in [5, 5.41) is 1.19. The Labute approximate surface area is 151 Å². The van der Waals surface area contributed by atoms with Gasteiger partial charge in [0.2, 0.25) is 0 Å². The SMILES string of the molecule is COC1(O[Si](C)(C)C(C)(C)C)CC1(CCCBr)c1ccccc1. The number of benzene rings is 1. The van der Waals surface area contributed by atoms with Gasteiger partial charge in [-0.15, -0.1) is 0 Å². The van der Waals surface area contributed by atoms with Gasteiger partial charge < -0.3 is 9.16 Å². The van der Waals surface area contributed by atoms with Crippen molar-refractivity contribution < 1.29 is 9.16 Å². The largest absolute Gasteiger partial charge is 0.389 e. The van der Waals surface area contributed by atoms with E-state index in [-0.39, 0.29) is 10.5 Å². The summed E-state index contributed by atoms with van der Waals surface area (Å²) in [6.07, 6.45) is 3.17. The first-order valence-corrected chi connectivity index (χ1v) is 12.5. The first kappa shape index (κ1) is 19.2. The van der Waals surface area contributed by atoms with Crippen LogP contribution in [0.2, 0.25) is 18.1 Å². The molecule has 1 saturated carbocycles. The fraction of sp³-hybridized carbons (Fsp3) is 0.684. The molecule has 4 heteroatoms. The normalized spacial score (nSPS) is 28.0. The van der Waals surface area contributed by atoms with Crippen LogP contribution in [0, 0.1) is 0 Å². The van der Waals surface area contributed by atoms with E-state index in [1.54, 1.807) is 0 Å². The van der Waals surface area contributed by atoms with Crippen molar-refractivity contribution in [2.24, 2.45) is 0 Å². The number of hydrogen-bond donors (Lipinski definition) is 0. The van der Waals surface area contributed by atoms with Gasteiger partial charge >= 0.3 is 0 Å². The maximum absolute atomic E-state index is 6.82. The molecule has 0 bridgehead atoms. The second-order valence-corrected chi connectivity index (χ2v) is 13.8. The van der Waals surface area contributed by atoms with Gasteiger partial charge in [0.15, 0.2) is 14.1 Å². The fourth-order valence-electron chi connectivity index (χ4n) is 3.23. The van der Waals surface area contributed by atoms with Crippen LogP contribution < -0.4 is 0 Å². The second-order valence-electron chi connectivity index (χ2n) is 8.24. The van der Waals surface area contributed by atoms with E-state index >= 15 is 0 Å². The number of halogens is 1. The highest BCUT2D eigenvalue weighted by Gasteiger charge is 2.71. The zero-order valence-corrected chi connectivity index (χ0v) is 18.0. The quantitative estimate of drug-likeness (QED) is 0.324. The van der Waals surface area contributed by atoms with Crippen LogP contribution in [-0.4, -0.2) is 26.5 Å². The lowest BCUT2D eigenvalue weighted by molar-refractivity contribution is -0.108. The van der Waals surface area contributed by atoms with E-state index < -0.39 is 14.1 Å². The monoisotopic (exact) mass is 398 g/mol. The third kappa shape index (κ3) is 3.46. The van der Waals surface area contributed by atoms with Gasteiger partial charge in [-0.3, -0.25) is 0 Å². The molecule has 0 amide bonds. The van der Waals surface area contributed by atoms with Crippen LogP contribution in [0.4, 0.5) is 0 Å². The minimum absolute atomic E-state index is 0.00764. The van der Waals surface area contributed by atoms with Gasteiger partial charge in [-0.2, -0.15) is 0 Å². The molecule has 0 spiro atoms. The maximum Gasteiger partial charge on any atom is 0.195 e. The summed E-state index contributed by atoms with van der Waals surface area (Å²) >= 11 is 3.58. The lowest BCUT2D eigenvalue weighted by atomic mass is 9.90. The molecule has 0 radical (unpaired) electrons. The zero-order chi connectivity index (χ0) is 17.4. The molecule has 130 valence electrons. The summed E-state index contributed by atoms with van der Waals surface area (Å²) in [7, 11) is -0.0850. The summed E-state index contributed by atoms with van der Waals surface area (Å²) in [4.78, 5) is 0. The van der Waals surface area contributed by atoms with Crippen LogP contribution in [0.25, 0.3) is 0 Å². The molecule has 1 aromatic rings. The van der Waals surface area contributed by atoms with Crippen LogP contribution in [0.15, 0.2) is 30.3 Å². The number of hydrogen-bond acceptors (Lipinski definition) is 2. The Kier molecular flexibility index (Phi) is 5.52. The van der Waals surface area contributed by atoms with Gasteiger partial charge in [0, 0.05) is 18.9 Å². The molecular weight excluding hydrogens is 368 g/mol. The van der Waals surface area contributed by atoms with Crippen molar-refractivity contribution in [2.75, 3.05) is 12.4 Å². The molecule has 1 aliphatic carbocycles. The third-order valence-corrected chi connectivity index (χ3v) is 10.8. The van der Waals surface area contributed by atoms with Gasteiger partial charge in [0.25, 0.3) is 0 Å². The average Bonchev–Trinajstić information content (AvgIpc) is 3.13. The first-order chi connectivity index (χ1) is 10.6. The van der Waals surface area contributed by atoms with Crippen LogP contribution in [-0.2, 0) is 14.6 Å². The Bertz CT molecular complexity index is 526. The smallest absolute Gasteiger partial charge is 0.195 e. The van der Waals surface area contributed by atoms with Gasteiger partial charge in [0.05, 0.1) is 5.41 Å². The minimum Gasteiger partial charge on any atom is -0.389 e. The topological polar surface area (TPSA) is 18.5 Å². The Morgan fingerprint density at radius 2 is 1.78 bits per heavy atom. The van der Waals surface area contributed by atoms with Crippen molar-refractivity contribution in [2.45, 2.75) is 69.4 Å². The molecule has 0 aliphatic heterocycles. The highest BCUT2D eigenvalue weighted by molar-refractivity contribution is 9.09. The van der Waals surface area contributed by atoms with Crippen molar-refractivity contribution in [3.05, 3.63) is 35.9 Å². The molecule has 2 nitrogen and oxygen atoms in total. The highest BCUT2D eigenvalue weighted by atomic mass is 79.9. The number of alkyl halides is 1. The predicted molar refractivity (Wildman–Crippen MR) is 104 cm³/mol. The van der Waals surface area contributed by atoms with E-state index in [9.17, 15) is 0 Å². The van der Waals surface area contributed by atoms with Crippen molar-refractivity contribution in [3.8, 4) is 0 Å². The lowest BCUT2D eigenvalue weighted by Gasteiger charge is -2.41. The van der Waals surface area contributed by atoms with Gasteiger partial charge in [-0.05, 0) is 36.5 Å². The molecule has 1 aliphatic rings. The molecular formula is C19H31BrO2Si. The summed E-state index contributed by atoms with van der Waals surface area (Å²) in [6, 6.07) is 10.8. The number of rotatable bonds is 7. The Morgan fingerprint density at radius 3 is 2.26 bits per heavy atom. The molecule has 1 aromatic carbocycles. The zero-order valence-electron chi connectivity index (χ0n) is 15.4. The van der Waals surface area contributed by atoms with E-state index in [1.807, 2.05) is 7.11 Å². The van der Waals surface area contributed by atoms with Gasteiger partial charge in [0.1, 0.15) is 0 Å². The van der Waals surface area contributed by atoms with E-state index in [4.69, 9.17) is 9.16 Å². The molecule has 0 N–H and O–H groups in total. The van der Waals surface area contributed by atoms with Crippen LogP contribution in [0.3, 0.4) is 0 Å². The molecule has 23 heavy (non-hydrogen) atoms. The fourth-order valence-corrected chi connectivity index (χ4v) is 4.99. The number of ether oxygens (including phenoxy) is 1. The Morgan fingerprint density at radius 1 is 1.17 bits per heavy atom. The summed E-state index contributed by atoms with van der Waals surface area (Å²) in [6.45, 7) is 11.5. The van der Waals surface area contributed by atoms with Gasteiger partial charge in [-0.25, -0.2) is 0 Å². The molecule has 0 saturated heterocycles. The van der Waals surface area contributed by atoms with Crippen molar-refractivity contribution >= 4 is 24.2 Å². The molecule has 2 unspecified atom stereocenters. The Hall–Kier alpha value is -0.163. The summed E-state index contributed by atoms with van der Waals surface area (Å²) in [5.41, 5.74) is 1.34. The molecule has 0 heterocycles.